The highest BCUT2D eigenvalue weighted by atomic mass is 16.8. The molecule has 9 nitrogen and oxygen atoms in total. The highest BCUT2D eigenvalue weighted by molar-refractivity contribution is 5.76. The van der Waals surface area contributed by atoms with Crippen molar-refractivity contribution in [2.24, 2.45) is 5.92 Å². The van der Waals surface area contributed by atoms with E-state index in [0.717, 1.165) is 0 Å². The Morgan fingerprint density at radius 1 is 1.25 bits per heavy atom. The highest BCUT2D eigenvalue weighted by Crippen LogP contribution is 2.43. The van der Waals surface area contributed by atoms with Crippen LogP contribution in [-0.2, 0) is 19.0 Å². The normalized spacial score (nSPS) is 47.7. The number of ether oxygens (including phenoxy) is 3. The quantitative estimate of drug-likeness (QED) is 0.351. The number of aliphatic hydroxyl groups is 5. The Morgan fingerprint density at radius 3 is 2.67 bits per heavy atom. The molecule has 0 radical (unpaired) electrons. The molecule has 0 aromatic rings. The van der Waals surface area contributed by atoms with Crippen molar-refractivity contribution < 1.29 is 44.5 Å². The fourth-order valence-electron chi connectivity index (χ4n) is 3.25. The first-order valence-electron chi connectivity index (χ1n) is 7.58. The van der Waals surface area contributed by atoms with E-state index in [-0.39, 0.29) is 12.0 Å². The molecule has 3 rings (SSSR count). The predicted octanol–water partition coefficient (Wildman–Crippen LogP) is -2.45. The van der Waals surface area contributed by atoms with Crippen LogP contribution in [0.25, 0.3) is 0 Å². The first-order valence-corrected chi connectivity index (χ1v) is 7.58. The van der Waals surface area contributed by atoms with Crippen molar-refractivity contribution in [3.8, 4) is 0 Å². The minimum atomic E-state index is -1.60. The molecule has 24 heavy (non-hydrogen) atoms. The van der Waals surface area contributed by atoms with Crippen LogP contribution < -0.4 is 0 Å². The van der Waals surface area contributed by atoms with Crippen molar-refractivity contribution in [3.05, 3.63) is 24.0 Å². The van der Waals surface area contributed by atoms with Gasteiger partial charge in [0.25, 0.3) is 0 Å². The Hall–Kier alpha value is -1.33. The van der Waals surface area contributed by atoms with Crippen LogP contribution in [0.15, 0.2) is 24.0 Å². The molecular weight excluding hydrogens is 324 g/mol. The van der Waals surface area contributed by atoms with Crippen LogP contribution >= 0.6 is 0 Å². The van der Waals surface area contributed by atoms with Crippen LogP contribution in [0.3, 0.4) is 0 Å². The Morgan fingerprint density at radius 2 is 2.00 bits per heavy atom. The van der Waals surface area contributed by atoms with E-state index in [1.165, 1.54) is 12.3 Å². The summed E-state index contributed by atoms with van der Waals surface area (Å²) >= 11 is 0. The van der Waals surface area contributed by atoms with Crippen LogP contribution in [0, 0.1) is 5.92 Å². The summed E-state index contributed by atoms with van der Waals surface area (Å²) in [6, 6.07) is 0. The molecule has 1 aliphatic carbocycles. The van der Waals surface area contributed by atoms with Gasteiger partial charge in [-0.2, -0.15) is 0 Å². The van der Waals surface area contributed by atoms with Gasteiger partial charge in [0.2, 0.25) is 6.29 Å². The first-order chi connectivity index (χ1) is 11.4. The molecule has 2 heterocycles. The lowest BCUT2D eigenvalue weighted by atomic mass is 9.85. The maximum atomic E-state index is 11.2. The summed E-state index contributed by atoms with van der Waals surface area (Å²) in [4.78, 5) is 11.2. The number of fused-ring (bicyclic) bond motifs is 1. The average molecular weight is 344 g/mol. The van der Waals surface area contributed by atoms with Gasteiger partial charge >= 0.3 is 0 Å². The fraction of sp³-hybridized carbons (Fsp3) is 0.667. The van der Waals surface area contributed by atoms with Crippen molar-refractivity contribution in [1.82, 2.24) is 0 Å². The third kappa shape index (κ3) is 2.78. The predicted molar refractivity (Wildman–Crippen MR) is 76.1 cm³/mol. The Balaban J connectivity index is 1.78. The van der Waals surface area contributed by atoms with Crippen LogP contribution in [-0.4, -0.2) is 81.0 Å². The summed E-state index contributed by atoms with van der Waals surface area (Å²) < 4.78 is 16.1. The van der Waals surface area contributed by atoms with Gasteiger partial charge < -0.3 is 39.7 Å². The van der Waals surface area contributed by atoms with Gasteiger partial charge in [-0.3, -0.25) is 4.79 Å². The van der Waals surface area contributed by atoms with Gasteiger partial charge in [0.1, 0.15) is 36.3 Å². The number of hydrogen-bond acceptors (Lipinski definition) is 9. The SMILES string of the molecule is O=CC1=CC[C@]2(O)C=CO[C@@H](O[C@@H]3O[C@H](CO)[C@@H](O)[C@H](O)[C@H]3O)[C@H]12. The van der Waals surface area contributed by atoms with Crippen LogP contribution in [0.5, 0.6) is 0 Å². The Kier molecular flexibility index (Phi) is 4.76. The molecule has 0 bridgehead atoms. The highest BCUT2D eigenvalue weighted by Gasteiger charge is 2.52. The molecule has 134 valence electrons. The minimum absolute atomic E-state index is 0.208. The lowest BCUT2D eigenvalue weighted by molar-refractivity contribution is -0.342. The van der Waals surface area contributed by atoms with Crippen LogP contribution in [0.4, 0.5) is 0 Å². The van der Waals surface area contributed by atoms with Crippen molar-refractivity contribution in [3.63, 3.8) is 0 Å². The van der Waals surface area contributed by atoms with Gasteiger partial charge in [-0.25, -0.2) is 0 Å². The molecule has 0 unspecified atom stereocenters. The van der Waals surface area contributed by atoms with Gasteiger partial charge in [0, 0.05) is 5.57 Å². The second-order valence-corrected chi connectivity index (χ2v) is 6.14. The zero-order chi connectivity index (χ0) is 17.5. The number of carbonyl (C=O) groups is 1. The molecule has 0 amide bonds. The topological polar surface area (TPSA) is 146 Å². The van der Waals surface area contributed by atoms with Gasteiger partial charge in [-0.05, 0) is 12.5 Å². The molecule has 2 aliphatic heterocycles. The molecular formula is C15H20O9. The van der Waals surface area contributed by atoms with E-state index in [4.69, 9.17) is 14.2 Å². The summed E-state index contributed by atoms with van der Waals surface area (Å²) in [6.07, 6.45) is -3.39. The maximum absolute atomic E-state index is 11.2. The van der Waals surface area contributed by atoms with E-state index in [1.807, 2.05) is 0 Å². The molecule has 0 aromatic heterocycles. The minimum Gasteiger partial charge on any atom is -0.472 e. The summed E-state index contributed by atoms with van der Waals surface area (Å²) in [5, 5.41) is 49.3. The molecule has 8 atom stereocenters. The summed E-state index contributed by atoms with van der Waals surface area (Å²) in [5.41, 5.74) is -1.07. The van der Waals surface area contributed by atoms with E-state index in [2.05, 4.69) is 0 Å². The lowest BCUT2D eigenvalue weighted by Gasteiger charge is -2.43. The van der Waals surface area contributed by atoms with Gasteiger partial charge in [0.05, 0.1) is 18.8 Å². The molecule has 1 saturated heterocycles. The zero-order valence-electron chi connectivity index (χ0n) is 12.6. The molecule has 9 heteroatoms. The average Bonchev–Trinajstić information content (AvgIpc) is 2.92. The van der Waals surface area contributed by atoms with Crippen molar-refractivity contribution >= 4 is 6.29 Å². The first kappa shape index (κ1) is 17.5. The van der Waals surface area contributed by atoms with E-state index in [1.54, 1.807) is 6.08 Å². The Labute approximate surface area is 137 Å². The Bertz CT molecular complexity index is 545. The lowest BCUT2D eigenvalue weighted by Crippen LogP contribution is -2.60. The second-order valence-electron chi connectivity index (χ2n) is 6.14. The smallest absolute Gasteiger partial charge is 0.211 e. The van der Waals surface area contributed by atoms with E-state index in [0.29, 0.717) is 6.29 Å². The van der Waals surface area contributed by atoms with E-state index >= 15 is 0 Å². The van der Waals surface area contributed by atoms with Gasteiger partial charge in [-0.1, -0.05) is 6.08 Å². The van der Waals surface area contributed by atoms with Crippen LogP contribution in [0.2, 0.25) is 0 Å². The summed E-state index contributed by atoms with van der Waals surface area (Å²) in [6.45, 7) is -0.594. The summed E-state index contributed by atoms with van der Waals surface area (Å²) in [7, 11) is 0. The van der Waals surface area contributed by atoms with E-state index < -0.39 is 55.1 Å². The maximum Gasteiger partial charge on any atom is 0.211 e. The molecule has 0 spiro atoms. The monoisotopic (exact) mass is 344 g/mol. The standard InChI is InChI=1S/C15H20O9/c16-5-7-1-2-15(21)3-4-22-13(9(7)15)24-14-12(20)11(19)10(18)8(6-17)23-14/h1,3-5,8-14,17-21H,2,6H2/t8-,9+,10-,11+,12-,13+,14+,15+/m1/s1. The molecule has 5 N–H and O–H groups in total. The number of rotatable bonds is 4. The third-order valence-electron chi connectivity index (χ3n) is 4.66. The fourth-order valence-corrected chi connectivity index (χ4v) is 3.25. The van der Waals surface area contributed by atoms with Crippen molar-refractivity contribution in [1.29, 1.82) is 0 Å². The summed E-state index contributed by atoms with van der Waals surface area (Å²) in [5.74, 6) is -0.827. The van der Waals surface area contributed by atoms with Crippen molar-refractivity contribution in [2.45, 2.75) is 49.0 Å². The molecule has 3 aliphatic rings. The molecule has 0 aromatic carbocycles. The number of hydrogen-bond donors (Lipinski definition) is 5. The number of carbonyl (C=O) groups excluding carboxylic acids is 1. The largest absolute Gasteiger partial charge is 0.472 e. The van der Waals surface area contributed by atoms with Gasteiger partial charge in [0.15, 0.2) is 6.29 Å². The zero-order valence-corrected chi connectivity index (χ0v) is 12.6. The second kappa shape index (κ2) is 6.52. The van der Waals surface area contributed by atoms with Gasteiger partial charge in [-0.15, -0.1) is 0 Å². The molecule has 1 fully saturated rings. The van der Waals surface area contributed by atoms with Crippen molar-refractivity contribution in [2.75, 3.05) is 6.61 Å². The molecule has 0 saturated carbocycles. The number of aldehydes is 1. The third-order valence-corrected chi connectivity index (χ3v) is 4.66. The van der Waals surface area contributed by atoms with Crippen LogP contribution in [0.1, 0.15) is 6.42 Å². The van der Waals surface area contributed by atoms with E-state index in [9.17, 15) is 30.3 Å². The number of aliphatic hydroxyl groups excluding tert-OH is 4.